The van der Waals surface area contributed by atoms with Crippen molar-refractivity contribution < 1.29 is 4.79 Å². The molecule has 102 valence electrons. The van der Waals surface area contributed by atoms with Gasteiger partial charge in [0.25, 0.3) is 0 Å². The van der Waals surface area contributed by atoms with Crippen molar-refractivity contribution in [1.29, 1.82) is 0 Å². The number of rotatable bonds is 7. The second-order valence-corrected chi connectivity index (χ2v) is 12.4. The molecule has 1 atom stereocenters. The predicted molar refractivity (Wildman–Crippen MR) is 80.6 cm³/mol. The van der Waals surface area contributed by atoms with Crippen LogP contribution in [0.1, 0.15) is 61.3 Å². The summed E-state index contributed by atoms with van der Waals surface area (Å²) in [4.78, 5) is 12.8. The SMILES string of the molecule is CCCC(Cl)C(=O)[Si](C(C)C)(C(C)C)C(C)C. The van der Waals surface area contributed by atoms with Gasteiger partial charge in [-0.25, -0.2) is 0 Å². The lowest BCUT2D eigenvalue weighted by molar-refractivity contribution is -0.112. The van der Waals surface area contributed by atoms with Gasteiger partial charge >= 0.3 is 0 Å². The Kier molecular flexibility index (Phi) is 7.01. The van der Waals surface area contributed by atoms with E-state index < -0.39 is 8.07 Å². The summed E-state index contributed by atoms with van der Waals surface area (Å²) in [6, 6.07) is 0. The third-order valence-electron chi connectivity index (χ3n) is 4.12. The van der Waals surface area contributed by atoms with E-state index in [2.05, 4.69) is 48.5 Å². The largest absolute Gasteiger partial charge is 0.304 e. The van der Waals surface area contributed by atoms with E-state index in [9.17, 15) is 4.79 Å². The van der Waals surface area contributed by atoms with Gasteiger partial charge in [-0.2, -0.15) is 0 Å². The van der Waals surface area contributed by atoms with Crippen molar-refractivity contribution in [2.24, 2.45) is 0 Å². The van der Waals surface area contributed by atoms with Crippen LogP contribution in [0.4, 0.5) is 0 Å². The second-order valence-electron chi connectivity index (χ2n) is 6.02. The first-order valence-corrected chi connectivity index (χ1v) is 9.57. The van der Waals surface area contributed by atoms with Gasteiger partial charge in [-0.15, -0.1) is 11.6 Å². The summed E-state index contributed by atoms with van der Waals surface area (Å²) < 4.78 is 0. The smallest absolute Gasteiger partial charge is 0.142 e. The van der Waals surface area contributed by atoms with E-state index in [-0.39, 0.29) is 5.38 Å². The summed E-state index contributed by atoms with van der Waals surface area (Å²) >= 11 is 6.33. The van der Waals surface area contributed by atoms with E-state index in [4.69, 9.17) is 11.6 Å². The lowest BCUT2D eigenvalue weighted by Crippen LogP contribution is -2.55. The third-order valence-corrected chi connectivity index (χ3v) is 11.7. The quantitative estimate of drug-likeness (QED) is 0.462. The topological polar surface area (TPSA) is 17.1 Å². The second kappa shape index (κ2) is 6.94. The Labute approximate surface area is 113 Å². The number of carbonyl (C=O) groups is 1. The molecule has 0 rings (SSSR count). The average Bonchev–Trinajstić information content (AvgIpc) is 2.16. The van der Waals surface area contributed by atoms with E-state index in [1.807, 2.05) is 0 Å². The molecule has 0 aliphatic rings. The van der Waals surface area contributed by atoms with Crippen molar-refractivity contribution in [2.45, 2.75) is 83.3 Å². The molecule has 0 radical (unpaired) electrons. The maximum atomic E-state index is 12.8. The van der Waals surface area contributed by atoms with Crippen molar-refractivity contribution in [3.63, 3.8) is 0 Å². The van der Waals surface area contributed by atoms with Crippen LogP contribution in [0, 0.1) is 0 Å². The molecule has 0 aromatic heterocycles. The highest BCUT2D eigenvalue weighted by atomic mass is 35.5. The van der Waals surface area contributed by atoms with Crippen LogP contribution in [-0.2, 0) is 4.79 Å². The van der Waals surface area contributed by atoms with E-state index in [0.29, 0.717) is 22.0 Å². The van der Waals surface area contributed by atoms with Gasteiger partial charge in [0.2, 0.25) is 0 Å². The molecule has 0 spiro atoms. The summed E-state index contributed by atoms with van der Waals surface area (Å²) in [7, 11) is -2.00. The minimum absolute atomic E-state index is 0.265. The van der Waals surface area contributed by atoms with E-state index in [1.165, 1.54) is 0 Å². The molecule has 0 saturated carbocycles. The molecule has 17 heavy (non-hydrogen) atoms. The summed E-state index contributed by atoms with van der Waals surface area (Å²) in [6.07, 6.45) is 1.81. The van der Waals surface area contributed by atoms with Crippen LogP contribution in [-0.4, -0.2) is 18.9 Å². The Balaban J connectivity index is 5.37. The summed E-state index contributed by atoms with van der Waals surface area (Å²) in [5.74, 6) is 0. The number of carbonyl (C=O) groups excluding carboxylic acids is 1. The molecule has 0 aromatic carbocycles. The molecule has 0 aromatic rings. The summed E-state index contributed by atoms with van der Waals surface area (Å²) in [5, 5.41) is 0.125. The first-order valence-electron chi connectivity index (χ1n) is 6.91. The fraction of sp³-hybridized carbons (Fsp3) is 0.929. The lowest BCUT2D eigenvalue weighted by Gasteiger charge is -2.42. The van der Waals surface area contributed by atoms with Gasteiger partial charge in [0.15, 0.2) is 0 Å². The Morgan fingerprint density at radius 3 is 1.59 bits per heavy atom. The van der Waals surface area contributed by atoms with Crippen molar-refractivity contribution in [3.8, 4) is 0 Å². The molecule has 1 nitrogen and oxygen atoms in total. The van der Waals surface area contributed by atoms with Gasteiger partial charge in [-0.3, -0.25) is 0 Å². The number of hydrogen-bond acceptors (Lipinski definition) is 1. The normalized spacial score (nSPS) is 14.8. The maximum Gasteiger partial charge on any atom is 0.142 e. The zero-order valence-corrected chi connectivity index (χ0v) is 14.3. The van der Waals surface area contributed by atoms with E-state index >= 15 is 0 Å². The van der Waals surface area contributed by atoms with Crippen molar-refractivity contribution in [3.05, 3.63) is 0 Å². The minimum atomic E-state index is -2.00. The van der Waals surface area contributed by atoms with Gasteiger partial charge in [-0.1, -0.05) is 54.9 Å². The molecule has 0 amide bonds. The predicted octanol–water partition coefficient (Wildman–Crippen LogP) is 5.18. The molecule has 3 heteroatoms. The van der Waals surface area contributed by atoms with Gasteiger partial charge < -0.3 is 4.79 Å². The monoisotopic (exact) mass is 276 g/mol. The Bertz CT molecular complexity index is 227. The van der Waals surface area contributed by atoms with Crippen molar-refractivity contribution in [2.75, 3.05) is 0 Å². The van der Waals surface area contributed by atoms with Gasteiger partial charge in [0.1, 0.15) is 13.5 Å². The highest BCUT2D eigenvalue weighted by Crippen LogP contribution is 2.43. The Morgan fingerprint density at radius 2 is 1.35 bits per heavy atom. The van der Waals surface area contributed by atoms with Crippen LogP contribution in [0.2, 0.25) is 16.6 Å². The fourth-order valence-corrected chi connectivity index (χ4v) is 10.7. The summed E-state index contributed by atoms with van der Waals surface area (Å²) in [6.45, 7) is 15.3. The number of alkyl halides is 1. The first-order chi connectivity index (χ1) is 7.72. The van der Waals surface area contributed by atoms with Gasteiger partial charge in [-0.05, 0) is 23.0 Å². The Hall–Kier alpha value is 0.177. The van der Waals surface area contributed by atoms with Crippen LogP contribution in [0.25, 0.3) is 0 Å². The molecular weight excluding hydrogens is 248 g/mol. The van der Waals surface area contributed by atoms with Crippen LogP contribution >= 0.6 is 11.6 Å². The van der Waals surface area contributed by atoms with Crippen LogP contribution in [0.15, 0.2) is 0 Å². The molecule has 0 bridgehead atoms. The van der Waals surface area contributed by atoms with Gasteiger partial charge in [0, 0.05) is 0 Å². The third kappa shape index (κ3) is 3.34. The minimum Gasteiger partial charge on any atom is -0.304 e. The zero-order valence-electron chi connectivity index (χ0n) is 12.5. The van der Waals surface area contributed by atoms with Crippen molar-refractivity contribution >= 4 is 25.1 Å². The Morgan fingerprint density at radius 1 is 1.00 bits per heavy atom. The molecule has 0 N–H and O–H groups in total. The highest BCUT2D eigenvalue weighted by molar-refractivity contribution is 7.10. The molecule has 0 aliphatic heterocycles. The van der Waals surface area contributed by atoms with Gasteiger partial charge in [0.05, 0.1) is 5.38 Å². The first kappa shape index (κ1) is 17.2. The van der Waals surface area contributed by atoms with Crippen molar-refractivity contribution in [1.82, 2.24) is 0 Å². The molecule has 0 saturated heterocycles. The molecule has 0 fully saturated rings. The van der Waals surface area contributed by atoms with Crippen LogP contribution in [0.3, 0.4) is 0 Å². The van der Waals surface area contributed by atoms with E-state index in [1.54, 1.807) is 0 Å². The zero-order chi connectivity index (χ0) is 13.8. The highest BCUT2D eigenvalue weighted by Gasteiger charge is 2.50. The van der Waals surface area contributed by atoms with Crippen LogP contribution in [0.5, 0.6) is 0 Å². The van der Waals surface area contributed by atoms with Crippen LogP contribution < -0.4 is 0 Å². The standard InChI is InChI=1S/C14H29ClOSi/c1-8-9-13(15)14(16)17(10(2)3,11(4)5)12(6)7/h10-13H,8-9H2,1-7H3. The number of hydrogen-bond donors (Lipinski definition) is 0. The average molecular weight is 277 g/mol. The summed E-state index contributed by atoms with van der Waals surface area (Å²) in [5.41, 5.74) is 1.40. The lowest BCUT2D eigenvalue weighted by atomic mass is 10.3. The molecule has 0 heterocycles. The maximum absolute atomic E-state index is 12.8. The fourth-order valence-electron chi connectivity index (χ4n) is 3.51. The van der Waals surface area contributed by atoms with E-state index in [0.717, 1.165) is 12.8 Å². The number of halogens is 1. The molecule has 0 aliphatic carbocycles. The molecular formula is C14H29ClOSi. The molecule has 1 unspecified atom stereocenters.